The van der Waals surface area contributed by atoms with Gasteiger partial charge in [0.1, 0.15) is 0 Å². The molecular formula is C13H13F3N2OS. The standard InChI is InChI=1S/C13H13F3N2OS/c1-12(2)7-8-18(11(20)17-12)9-5-3-4-6-10(9)19-13(14,15)16/h3-8H,1-2H3,(H,17,20). The number of nitrogens with zero attached hydrogens (tertiary/aromatic N) is 1. The van der Waals surface area contributed by atoms with E-state index >= 15 is 0 Å². The van der Waals surface area contributed by atoms with E-state index in [-0.39, 0.29) is 17.0 Å². The number of alkyl halides is 3. The van der Waals surface area contributed by atoms with Gasteiger partial charge in [-0.05, 0) is 44.3 Å². The molecule has 20 heavy (non-hydrogen) atoms. The Bertz CT molecular complexity index is 555. The van der Waals surface area contributed by atoms with E-state index < -0.39 is 6.36 Å². The Balaban J connectivity index is 2.36. The van der Waals surface area contributed by atoms with Crippen LogP contribution in [0, 0.1) is 0 Å². The maximum absolute atomic E-state index is 12.4. The summed E-state index contributed by atoms with van der Waals surface area (Å²) in [4.78, 5) is 1.45. The summed E-state index contributed by atoms with van der Waals surface area (Å²) in [5.74, 6) is -0.298. The smallest absolute Gasteiger partial charge is 0.404 e. The van der Waals surface area contributed by atoms with Crippen molar-refractivity contribution in [3.63, 3.8) is 0 Å². The molecule has 1 N–H and O–H groups in total. The molecule has 0 radical (unpaired) electrons. The molecule has 1 aliphatic rings. The SMILES string of the molecule is CC1(C)C=CN(c2ccccc2OC(F)(F)F)C(=S)N1. The Labute approximate surface area is 120 Å². The lowest BCUT2D eigenvalue weighted by molar-refractivity contribution is -0.274. The van der Waals surface area contributed by atoms with Crippen molar-refractivity contribution in [3.05, 3.63) is 36.5 Å². The van der Waals surface area contributed by atoms with Crippen LogP contribution in [-0.2, 0) is 0 Å². The minimum atomic E-state index is -4.75. The van der Waals surface area contributed by atoms with Crippen LogP contribution in [0.4, 0.5) is 18.9 Å². The number of hydrogen-bond acceptors (Lipinski definition) is 2. The maximum Gasteiger partial charge on any atom is 0.573 e. The molecule has 0 saturated heterocycles. The van der Waals surface area contributed by atoms with Gasteiger partial charge in [-0.1, -0.05) is 12.1 Å². The van der Waals surface area contributed by atoms with Crippen molar-refractivity contribution >= 4 is 23.0 Å². The summed E-state index contributed by atoms with van der Waals surface area (Å²) in [6.45, 7) is 3.82. The van der Waals surface area contributed by atoms with Gasteiger partial charge in [-0.2, -0.15) is 0 Å². The second-order valence-electron chi connectivity index (χ2n) is 4.85. The van der Waals surface area contributed by atoms with Crippen molar-refractivity contribution in [1.82, 2.24) is 5.32 Å². The number of para-hydroxylation sites is 2. The van der Waals surface area contributed by atoms with E-state index in [1.54, 1.807) is 12.3 Å². The fraction of sp³-hybridized carbons (Fsp3) is 0.308. The predicted molar refractivity (Wildman–Crippen MR) is 74.6 cm³/mol. The molecule has 1 aromatic carbocycles. The van der Waals surface area contributed by atoms with Crippen LogP contribution in [0.3, 0.4) is 0 Å². The van der Waals surface area contributed by atoms with Crippen molar-refractivity contribution in [1.29, 1.82) is 0 Å². The Morgan fingerprint density at radius 2 is 1.90 bits per heavy atom. The van der Waals surface area contributed by atoms with E-state index in [1.165, 1.54) is 23.1 Å². The number of halogens is 3. The van der Waals surface area contributed by atoms with Gasteiger partial charge in [0.25, 0.3) is 0 Å². The number of thiocarbonyl (C=S) groups is 1. The molecule has 1 heterocycles. The average Bonchev–Trinajstić information content (AvgIpc) is 2.27. The molecule has 1 aromatic rings. The molecule has 0 unspecified atom stereocenters. The molecule has 0 aromatic heterocycles. The monoisotopic (exact) mass is 302 g/mol. The predicted octanol–water partition coefficient (Wildman–Crippen LogP) is 3.57. The fourth-order valence-electron chi connectivity index (χ4n) is 1.76. The van der Waals surface area contributed by atoms with Gasteiger partial charge < -0.3 is 10.1 Å². The second kappa shape index (κ2) is 4.97. The van der Waals surface area contributed by atoms with Gasteiger partial charge in [-0.15, -0.1) is 13.2 Å². The van der Waals surface area contributed by atoms with Crippen molar-refractivity contribution in [2.75, 3.05) is 4.90 Å². The first-order valence-corrected chi connectivity index (χ1v) is 6.24. The average molecular weight is 302 g/mol. The molecule has 7 heteroatoms. The first kappa shape index (κ1) is 14.6. The first-order chi connectivity index (χ1) is 9.18. The summed E-state index contributed by atoms with van der Waals surface area (Å²) in [6, 6.07) is 5.85. The molecule has 0 saturated carbocycles. The van der Waals surface area contributed by atoms with Gasteiger partial charge in [0.2, 0.25) is 0 Å². The van der Waals surface area contributed by atoms with Crippen molar-refractivity contribution in [3.8, 4) is 5.75 Å². The van der Waals surface area contributed by atoms with Crippen LogP contribution in [0.2, 0.25) is 0 Å². The Hall–Kier alpha value is -1.76. The summed E-state index contributed by atoms with van der Waals surface area (Å²) in [5.41, 5.74) is -0.109. The highest BCUT2D eigenvalue weighted by molar-refractivity contribution is 7.80. The normalized spacial score (nSPS) is 17.9. The molecule has 0 aliphatic carbocycles. The quantitative estimate of drug-likeness (QED) is 0.844. The van der Waals surface area contributed by atoms with E-state index in [4.69, 9.17) is 12.2 Å². The highest BCUT2D eigenvalue weighted by atomic mass is 32.1. The highest BCUT2D eigenvalue weighted by Crippen LogP contribution is 2.34. The zero-order valence-corrected chi connectivity index (χ0v) is 11.7. The van der Waals surface area contributed by atoms with Gasteiger partial charge >= 0.3 is 6.36 Å². The number of nitrogens with one attached hydrogen (secondary N) is 1. The molecule has 2 rings (SSSR count). The number of ether oxygens (including phenoxy) is 1. The molecule has 0 amide bonds. The van der Waals surface area contributed by atoms with Gasteiger partial charge in [0.15, 0.2) is 10.9 Å². The van der Waals surface area contributed by atoms with E-state index in [0.717, 1.165) is 0 Å². The van der Waals surface area contributed by atoms with Crippen molar-refractivity contribution < 1.29 is 17.9 Å². The van der Waals surface area contributed by atoms with E-state index in [9.17, 15) is 13.2 Å². The van der Waals surface area contributed by atoms with Gasteiger partial charge in [0, 0.05) is 6.20 Å². The summed E-state index contributed by atoms with van der Waals surface area (Å²) in [7, 11) is 0. The van der Waals surface area contributed by atoms with Crippen molar-refractivity contribution in [2.45, 2.75) is 25.7 Å². The third kappa shape index (κ3) is 3.41. The zero-order valence-electron chi connectivity index (χ0n) is 10.9. The minimum Gasteiger partial charge on any atom is -0.404 e. The van der Waals surface area contributed by atoms with Crippen LogP contribution >= 0.6 is 12.2 Å². The Morgan fingerprint density at radius 3 is 2.50 bits per heavy atom. The number of hydrogen-bond donors (Lipinski definition) is 1. The van der Waals surface area contributed by atoms with Crippen LogP contribution < -0.4 is 15.0 Å². The third-order valence-electron chi connectivity index (χ3n) is 2.64. The lowest BCUT2D eigenvalue weighted by atomic mass is 10.0. The second-order valence-corrected chi connectivity index (χ2v) is 5.24. The van der Waals surface area contributed by atoms with Crippen LogP contribution in [0.25, 0.3) is 0 Å². The maximum atomic E-state index is 12.4. The van der Waals surface area contributed by atoms with Crippen molar-refractivity contribution in [2.24, 2.45) is 0 Å². The molecular weight excluding hydrogens is 289 g/mol. The molecule has 3 nitrogen and oxygen atoms in total. The number of anilines is 1. The molecule has 0 spiro atoms. The fourth-order valence-corrected chi connectivity index (χ4v) is 2.19. The summed E-state index contributed by atoms with van der Waals surface area (Å²) in [6.07, 6.45) is -1.30. The van der Waals surface area contributed by atoms with E-state index in [0.29, 0.717) is 5.11 Å². The van der Waals surface area contributed by atoms with Gasteiger partial charge in [-0.3, -0.25) is 4.90 Å². The lowest BCUT2D eigenvalue weighted by Gasteiger charge is -2.35. The van der Waals surface area contributed by atoms with Crippen LogP contribution in [0.5, 0.6) is 5.75 Å². The first-order valence-electron chi connectivity index (χ1n) is 5.83. The lowest BCUT2D eigenvalue weighted by Crippen LogP contribution is -2.51. The topological polar surface area (TPSA) is 24.5 Å². The largest absolute Gasteiger partial charge is 0.573 e. The highest BCUT2D eigenvalue weighted by Gasteiger charge is 2.33. The summed E-state index contributed by atoms with van der Waals surface area (Å²) in [5, 5.41) is 3.34. The van der Waals surface area contributed by atoms with E-state index in [1.807, 2.05) is 19.9 Å². The van der Waals surface area contributed by atoms with Crippen LogP contribution in [-0.4, -0.2) is 17.0 Å². The molecule has 0 bridgehead atoms. The summed E-state index contributed by atoms with van der Waals surface area (Å²) >= 11 is 5.19. The zero-order chi connectivity index (χ0) is 15.0. The van der Waals surface area contributed by atoms with Crippen LogP contribution in [0.15, 0.2) is 36.5 Å². The van der Waals surface area contributed by atoms with Gasteiger partial charge in [0.05, 0.1) is 11.2 Å². The summed E-state index contributed by atoms with van der Waals surface area (Å²) < 4.78 is 41.2. The number of benzene rings is 1. The third-order valence-corrected chi connectivity index (χ3v) is 2.94. The molecule has 1 aliphatic heterocycles. The molecule has 108 valence electrons. The molecule has 0 fully saturated rings. The number of rotatable bonds is 2. The Kier molecular flexibility index (Phi) is 3.64. The molecule has 0 atom stereocenters. The minimum absolute atomic E-state index is 0.231. The van der Waals surface area contributed by atoms with E-state index in [2.05, 4.69) is 10.1 Å². The van der Waals surface area contributed by atoms with Crippen LogP contribution in [0.1, 0.15) is 13.8 Å². The Morgan fingerprint density at radius 1 is 1.25 bits per heavy atom. The van der Waals surface area contributed by atoms with Gasteiger partial charge in [-0.25, -0.2) is 0 Å².